The molecular weight excluding hydrogens is 272 g/mol. The van der Waals surface area contributed by atoms with Crippen molar-refractivity contribution in [1.29, 1.82) is 0 Å². The quantitative estimate of drug-likeness (QED) is 0.467. The molecule has 1 N–H and O–H groups in total. The van der Waals surface area contributed by atoms with E-state index in [0.717, 1.165) is 0 Å². The van der Waals surface area contributed by atoms with E-state index in [4.69, 9.17) is 4.55 Å². The fourth-order valence-corrected chi connectivity index (χ4v) is 1.31. The second-order valence-electron chi connectivity index (χ2n) is 2.57. The second kappa shape index (κ2) is 5.28. The molecule has 80 valence electrons. The van der Waals surface area contributed by atoms with Gasteiger partial charge in [-0.3, -0.25) is 4.55 Å². The number of aryl methyl sites for hydroxylation is 1. The van der Waals surface area contributed by atoms with E-state index in [0.29, 0.717) is 0 Å². The monoisotopic (exact) mass is 282 g/mol. The molecule has 14 heavy (non-hydrogen) atoms. The van der Waals surface area contributed by atoms with E-state index in [1.54, 1.807) is 34.1 Å². The van der Waals surface area contributed by atoms with Gasteiger partial charge in [0.15, 0.2) is 0 Å². The Kier molecular flexibility index (Phi) is 5.03. The fraction of sp³-hybridized carbons (Fsp3) is 0.286. The largest absolute Gasteiger partial charge is 1.00 e. The molecule has 0 aromatic carbocycles. The lowest BCUT2D eigenvalue weighted by atomic mass is 10.7. The molecular formula is C7H11BrN2O3S. The topological polar surface area (TPSA) is 63.2 Å². The van der Waals surface area contributed by atoms with Crippen molar-refractivity contribution in [1.82, 2.24) is 4.57 Å². The van der Waals surface area contributed by atoms with Crippen LogP contribution in [-0.4, -0.2) is 23.3 Å². The summed E-state index contributed by atoms with van der Waals surface area (Å²) in [5.41, 5.74) is 0. The molecule has 7 heteroatoms. The predicted octanol–water partition coefficient (Wildman–Crippen LogP) is -3.23. The molecule has 0 aliphatic carbocycles. The molecule has 0 spiro atoms. The number of imidazole rings is 1. The normalized spacial score (nSPS) is 10.6. The smallest absolute Gasteiger partial charge is 0.268 e. The van der Waals surface area contributed by atoms with E-state index in [9.17, 15) is 8.42 Å². The summed E-state index contributed by atoms with van der Waals surface area (Å²) in [4.78, 5) is 0. The number of aromatic nitrogens is 2. The molecule has 0 amide bonds. The van der Waals surface area contributed by atoms with Crippen LogP contribution in [0.3, 0.4) is 0 Å². The summed E-state index contributed by atoms with van der Waals surface area (Å²) in [6.45, 7) is 3.77. The molecule has 0 saturated carbocycles. The van der Waals surface area contributed by atoms with Crippen LogP contribution in [0.25, 0.3) is 6.20 Å². The maximum absolute atomic E-state index is 10.4. The standard InChI is InChI=1S/C7H10N2O3S.BrH/c1-2-8-3-4-9(7-8)5-6-13(10,11)12;/h2-4,7H,1,5-6H2;1H. The van der Waals surface area contributed by atoms with Crippen LogP contribution in [0.2, 0.25) is 0 Å². The van der Waals surface area contributed by atoms with Crippen molar-refractivity contribution in [3.63, 3.8) is 0 Å². The van der Waals surface area contributed by atoms with Crippen molar-refractivity contribution in [2.24, 2.45) is 0 Å². The lowest BCUT2D eigenvalue weighted by Crippen LogP contribution is -3.00. The molecule has 1 aromatic heterocycles. The molecule has 0 radical (unpaired) electrons. The highest BCUT2D eigenvalue weighted by molar-refractivity contribution is 7.85. The molecule has 1 aromatic rings. The van der Waals surface area contributed by atoms with Gasteiger partial charge in [-0.15, -0.1) is 0 Å². The number of hydrogen-bond donors (Lipinski definition) is 1. The highest BCUT2D eigenvalue weighted by Crippen LogP contribution is 1.85. The molecule has 0 bridgehead atoms. The van der Waals surface area contributed by atoms with E-state index in [-0.39, 0.29) is 29.3 Å². The highest BCUT2D eigenvalue weighted by atomic mass is 79.9. The second-order valence-corrected chi connectivity index (χ2v) is 4.14. The van der Waals surface area contributed by atoms with Gasteiger partial charge in [-0.2, -0.15) is 8.42 Å². The van der Waals surface area contributed by atoms with Gasteiger partial charge in [0.1, 0.15) is 24.7 Å². The average molecular weight is 283 g/mol. The summed E-state index contributed by atoms with van der Waals surface area (Å²) in [5, 5.41) is 0. The molecule has 1 rings (SSSR count). The molecule has 5 nitrogen and oxygen atoms in total. The first-order chi connectivity index (χ1) is 6.01. The third-order valence-electron chi connectivity index (χ3n) is 1.53. The summed E-state index contributed by atoms with van der Waals surface area (Å²) >= 11 is 0. The summed E-state index contributed by atoms with van der Waals surface area (Å²) < 4.78 is 32.6. The summed E-state index contributed by atoms with van der Waals surface area (Å²) in [7, 11) is -3.88. The first kappa shape index (κ1) is 13.3. The van der Waals surface area contributed by atoms with Gasteiger partial charge >= 0.3 is 0 Å². The van der Waals surface area contributed by atoms with Gasteiger partial charge in [-0.25, -0.2) is 9.13 Å². The molecule has 0 saturated heterocycles. The predicted molar refractivity (Wildman–Crippen MR) is 47.4 cm³/mol. The van der Waals surface area contributed by atoms with Crippen LogP contribution in [0.15, 0.2) is 25.3 Å². The van der Waals surface area contributed by atoms with Crippen molar-refractivity contribution in [3.05, 3.63) is 25.3 Å². The third kappa shape index (κ3) is 4.54. The minimum Gasteiger partial charge on any atom is -1.00 e. The number of rotatable bonds is 4. The Bertz CT molecular complexity index is 399. The molecule has 0 atom stereocenters. The van der Waals surface area contributed by atoms with Gasteiger partial charge in [0.25, 0.3) is 10.1 Å². The van der Waals surface area contributed by atoms with Gasteiger partial charge in [0.05, 0.1) is 6.20 Å². The van der Waals surface area contributed by atoms with Crippen LogP contribution in [0.1, 0.15) is 0 Å². The first-order valence-corrected chi connectivity index (χ1v) is 5.26. The van der Waals surface area contributed by atoms with Crippen molar-refractivity contribution < 1.29 is 34.5 Å². The molecule has 0 fully saturated rings. The van der Waals surface area contributed by atoms with E-state index in [1.807, 2.05) is 0 Å². The maximum atomic E-state index is 10.4. The Morgan fingerprint density at radius 1 is 1.57 bits per heavy atom. The third-order valence-corrected chi connectivity index (χ3v) is 2.23. The van der Waals surface area contributed by atoms with Gasteiger partial charge < -0.3 is 17.0 Å². The van der Waals surface area contributed by atoms with Gasteiger partial charge in [-0.05, 0) is 0 Å². The number of nitrogens with zero attached hydrogens (tertiary/aromatic N) is 2. The molecule has 0 unspecified atom stereocenters. The Balaban J connectivity index is 0.00000169. The zero-order valence-electron chi connectivity index (χ0n) is 7.38. The van der Waals surface area contributed by atoms with E-state index in [2.05, 4.69) is 6.58 Å². The zero-order valence-corrected chi connectivity index (χ0v) is 9.78. The summed E-state index contributed by atoms with van der Waals surface area (Å²) in [6, 6.07) is 0. The van der Waals surface area contributed by atoms with Crippen LogP contribution in [-0.2, 0) is 16.7 Å². The van der Waals surface area contributed by atoms with E-state index < -0.39 is 10.1 Å². The number of halogens is 1. The SMILES string of the molecule is C=Cn1cc[n+](CCS(=O)(=O)O)c1.[Br-]. The van der Waals surface area contributed by atoms with Gasteiger partial charge in [0, 0.05) is 0 Å². The Morgan fingerprint density at radius 2 is 2.21 bits per heavy atom. The Labute approximate surface area is 93.2 Å². The minimum absolute atomic E-state index is 0. The van der Waals surface area contributed by atoms with Crippen molar-refractivity contribution in [3.8, 4) is 0 Å². The van der Waals surface area contributed by atoms with Crippen molar-refractivity contribution in [2.75, 3.05) is 5.75 Å². The molecule has 0 aliphatic rings. The lowest BCUT2D eigenvalue weighted by molar-refractivity contribution is -0.691. The van der Waals surface area contributed by atoms with Crippen LogP contribution in [0.4, 0.5) is 0 Å². The van der Waals surface area contributed by atoms with Crippen molar-refractivity contribution in [2.45, 2.75) is 6.54 Å². The molecule has 1 heterocycles. The maximum Gasteiger partial charge on any atom is 0.268 e. The average Bonchev–Trinajstić information content (AvgIpc) is 2.47. The fourth-order valence-electron chi connectivity index (χ4n) is 0.872. The molecule has 0 aliphatic heterocycles. The van der Waals surface area contributed by atoms with Crippen LogP contribution in [0.5, 0.6) is 0 Å². The van der Waals surface area contributed by atoms with Gasteiger partial charge in [0.2, 0.25) is 6.33 Å². The van der Waals surface area contributed by atoms with E-state index >= 15 is 0 Å². The van der Waals surface area contributed by atoms with Crippen molar-refractivity contribution >= 4 is 16.3 Å². The number of hydrogen-bond acceptors (Lipinski definition) is 2. The van der Waals surface area contributed by atoms with Crippen LogP contribution in [0, 0.1) is 0 Å². The highest BCUT2D eigenvalue weighted by Gasteiger charge is 2.08. The zero-order chi connectivity index (χ0) is 9.90. The summed E-state index contributed by atoms with van der Waals surface area (Å²) in [6.07, 6.45) is 6.70. The van der Waals surface area contributed by atoms with E-state index in [1.165, 1.54) is 0 Å². The Morgan fingerprint density at radius 3 is 2.64 bits per heavy atom. The first-order valence-electron chi connectivity index (χ1n) is 3.65. The summed E-state index contributed by atoms with van der Waals surface area (Å²) in [5.74, 6) is -0.279. The van der Waals surface area contributed by atoms with Crippen LogP contribution >= 0.6 is 0 Å². The van der Waals surface area contributed by atoms with Gasteiger partial charge in [-0.1, -0.05) is 6.58 Å². The minimum atomic E-state index is -3.88. The van der Waals surface area contributed by atoms with Crippen LogP contribution < -0.4 is 21.5 Å². The lowest BCUT2D eigenvalue weighted by Gasteiger charge is -1.92. The Hall–Kier alpha value is -0.660.